The van der Waals surface area contributed by atoms with Crippen molar-refractivity contribution in [3.8, 4) is 0 Å². The van der Waals surface area contributed by atoms with Crippen molar-refractivity contribution in [1.82, 2.24) is 0 Å². The van der Waals surface area contributed by atoms with Crippen LogP contribution in [0.2, 0.25) is 0 Å². The van der Waals surface area contributed by atoms with Crippen molar-refractivity contribution in [1.29, 1.82) is 0 Å². The zero-order valence-corrected chi connectivity index (χ0v) is 2.94. The van der Waals surface area contributed by atoms with E-state index in [1.165, 1.54) is 0 Å². The third kappa shape index (κ3) is 68.2. The van der Waals surface area contributed by atoms with Crippen molar-refractivity contribution in [2.24, 2.45) is 0 Å². The van der Waals surface area contributed by atoms with E-state index in [1.54, 1.807) is 0 Å². The minimum atomic E-state index is -4.67. The summed E-state index contributed by atoms with van der Waals surface area (Å²) in [6.45, 7) is 0. The summed E-state index contributed by atoms with van der Waals surface area (Å²) in [4.78, 5) is 0. The van der Waals surface area contributed by atoms with Gasteiger partial charge < -0.3 is 0 Å². The molecule has 0 atom stereocenters. The zero-order valence-electron chi connectivity index (χ0n) is 2.12. The Hall–Kier alpha value is 2.10. The summed E-state index contributed by atoms with van der Waals surface area (Å²) in [5.74, 6) is 0. The van der Waals surface area contributed by atoms with Crippen molar-refractivity contribution in [3.63, 3.8) is 0 Å². The first-order chi connectivity index (χ1) is 2.00. The summed E-state index contributed by atoms with van der Waals surface area (Å²) in [7, 11) is -4.67. The van der Waals surface area contributed by atoms with Crippen molar-refractivity contribution in [2.45, 2.75) is 0 Å². The van der Waals surface area contributed by atoms with Crippen LogP contribution >= 0.6 is 0 Å². The van der Waals surface area contributed by atoms with Gasteiger partial charge in [0.15, 0.2) is 0 Å². The molecule has 0 aliphatic heterocycles. The first-order valence-electron chi connectivity index (χ1n) is 0.698. The topological polar surface area (TPSA) is 74.6 Å². The molecular weight excluding hydrogens is 142 g/mol. The van der Waals surface area contributed by atoms with Gasteiger partial charge in [-0.15, -0.1) is 0 Å². The molecular formula is H4KLiO4S. The van der Waals surface area contributed by atoms with E-state index in [-0.39, 0.29) is 70.2 Å². The second-order valence-corrected chi connectivity index (χ2v) is 1.34. The molecule has 2 N–H and O–H groups in total. The van der Waals surface area contributed by atoms with E-state index in [2.05, 4.69) is 0 Å². The number of hydrogen-bond acceptors (Lipinski definition) is 2. The van der Waals surface area contributed by atoms with Gasteiger partial charge in [0.25, 0.3) is 0 Å². The molecule has 0 aromatic heterocycles. The molecule has 0 bridgehead atoms. The Morgan fingerprint density at radius 1 is 1.14 bits per heavy atom. The van der Waals surface area contributed by atoms with E-state index in [4.69, 9.17) is 17.5 Å². The Kier molecular flexibility index (Phi) is 14.3. The van der Waals surface area contributed by atoms with Gasteiger partial charge in [0.1, 0.15) is 0 Å². The van der Waals surface area contributed by atoms with Gasteiger partial charge >= 0.3 is 80.6 Å². The Balaban J connectivity index is -0.0000000800. The molecule has 0 unspecified atom stereocenters. The quantitative estimate of drug-likeness (QED) is 0.307. The van der Waals surface area contributed by atoms with Crippen molar-refractivity contribution < 1.29 is 17.5 Å². The Morgan fingerprint density at radius 3 is 1.14 bits per heavy atom. The van der Waals surface area contributed by atoms with Crippen LogP contribution in [-0.4, -0.2) is 87.8 Å². The predicted octanol–water partition coefficient (Wildman–Crippen LogP) is -1.95. The van der Waals surface area contributed by atoms with E-state index in [0.717, 1.165) is 0 Å². The van der Waals surface area contributed by atoms with Gasteiger partial charge in [0.05, 0.1) is 0 Å². The molecule has 0 aromatic rings. The summed E-state index contributed by atoms with van der Waals surface area (Å²) < 4.78 is 31.6. The van der Waals surface area contributed by atoms with E-state index in [1.807, 2.05) is 0 Å². The summed E-state index contributed by atoms with van der Waals surface area (Å²) in [6, 6.07) is 0. The molecule has 0 saturated heterocycles. The first kappa shape index (κ1) is 16.0. The van der Waals surface area contributed by atoms with Gasteiger partial charge in [-0.05, 0) is 0 Å². The van der Waals surface area contributed by atoms with Crippen LogP contribution in [0.1, 0.15) is 0 Å². The van der Waals surface area contributed by atoms with Crippen LogP contribution in [0.4, 0.5) is 0 Å². The van der Waals surface area contributed by atoms with Crippen molar-refractivity contribution >= 4 is 80.6 Å². The maximum absolute atomic E-state index is 8.74. The normalized spacial score (nSPS) is 8.29. The molecule has 0 aliphatic carbocycles. The van der Waals surface area contributed by atoms with Crippen LogP contribution in [0.15, 0.2) is 0 Å². The van der Waals surface area contributed by atoms with Crippen LogP contribution in [0.25, 0.3) is 0 Å². The SMILES string of the molecule is O=S(=O)(O)O.[KH].[LiH]. The summed E-state index contributed by atoms with van der Waals surface area (Å²) in [6.07, 6.45) is 0. The van der Waals surface area contributed by atoms with Crippen LogP contribution in [-0.2, 0) is 10.4 Å². The monoisotopic (exact) mass is 146 g/mol. The molecule has 0 heterocycles. The first-order valence-corrected chi connectivity index (χ1v) is 2.10. The average Bonchev–Trinajstić information content (AvgIpc) is 0.722. The molecule has 4 nitrogen and oxygen atoms in total. The van der Waals surface area contributed by atoms with Crippen LogP contribution in [0, 0.1) is 0 Å². The summed E-state index contributed by atoms with van der Waals surface area (Å²) in [5, 5.41) is 0. The third-order valence-electron chi connectivity index (χ3n) is 0. The van der Waals surface area contributed by atoms with Crippen LogP contribution in [0.3, 0.4) is 0 Å². The van der Waals surface area contributed by atoms with Gasteiger partial charge in [-0.2, -0.15) is 8.42 Å². The molecule has 7 heavy (non-hydrogen) atoms. The van der Waals surface area contributed by atoms with Gasteiger partial charge in [-0.25, -0.2) is 0 Å². The van der Waals surface area contributed by atoms with Gasteiger partial charge in [-0.1, -0.05) is 0 Å². The standard InChI is InChI=1S/K.Li.H2O4S.2H/c;;1-5(2,3)4;;/h;;(H2,1,2,3,4);;. The van der Waals surface area contributed by atoms with Crippen molar-refractivity contribution in [3.05, 3.63) is 0 Å². The average molecular weight is 146 g/mol. The molecule has 36 valence electrons. The molecule has 0 amide bonds. The predicted molar refractivity (Wildman–Crippen MR) is 28.5 cm³/mol. The fourth-order valence-corrected chi connectivity index (χ4v) is 0. The van der Waals surface area contributed by atoms with E-state index >= 15 is 0 Å². The zero-order chi connectivity index (χ0) is 4.50. The minimum absolute atomic E-state index is 0. The van der Waals surface area contributed by atoms with Gasteiger partial charge in [-0.3, -0.25) is 9.11 Å². The van der Waals surface area contributed by atoms with Crippen molar-refractivity contribution in [2.75, 3.05) is 0 Å². The van der Waals surface area contributed by atoms with E-state index in [9.17, 15) is 0 Å². The maximum atomic E-state index is 8.74. The Labute approximate surface area is 96.2 Å². The second kappa shape index (κ2) is 6.23. The molecule has 0 aliphatic rings. The number of rotatable bonds is 0. The fourth-order valence-electron chi connectivity index (χ4n) is 0. The second-order valence-electron chi connectivity index (χ2n) is 0.448. The summed E-state index contributed by atoms with van der Waals surface area (Å²) in [5.41, 5.74) is 0. The van der Waals surface area contributed by atoms with Crippen LogP contribution < -0.4 is 0 Å². The number of hydrogen-bond donors (Lipinski definition) is 2. The van der Waals surface area contributed by atoms with Gasteiger partial charge in [0.2, 0.25) is 0 Å². The molecule has 0 rings (SSSR count). The Morgan fingerprint density at radius 2 is 1.14 bits per heavy atom. The van der Waals surface area contributed by atoms with E-state index < -0.39 is 10.4 Å². The van der Waals surface area contributed by atoms with Gasteiger partial charge in [0, 0.05) is 0 Å². The molecule has 0 saturated carbocycles. The fraction of sp³-hybridized carbons (Fsp3) is 0. The molecule has 7 heteroatoms. The van der Waals surface area contributed by atoms with Crippen LogP contribution in [0.5, 0.6) is 0 Å². The third-order valence-corrected chi connectivity index (χ3v) is 0. The molecule has 0 fully saturated rings. The molecule has 0 aromatic carbocycles. The molecule has 0 spiro atoms. The van der Waals surface area contributed by atoms with E-state index in [0.29, 0.717) is 0 Å². The molecule has 0 radical (unpaired) electrons. The summed E-state index contributed by atoms with van der Waals surface area (Å²) >= 11 is 0. The Bertz CT molecular complexity index is 94.9.